The van der Waals surface area contributed by atoms with Crippen LogP contribution in [0.4, 0.5) is 8.78 Å². The van der Waals surface area contributed by atoms with Gasteiger partial charge < -0.3 is 4.74 Å². The van der Waals surface area contributed by atoms with Crippen LogP contribution in [0.25, 0.3) is 0 Å². The molecule has 0 aromatic carbocycles. The number of ether oxygens (including phenoxy) is 1. The van der Waals surface area contributed by atoms with E-state index < -0.39 is 12.4 Å². The van der Waals surface area contributed by atoms with Crippen LogP contribution in [0.5, 0.6) is 0 Å². The molecule has 0 bridgehead atoms. The van der Waals surface area contributed by atoms with Crippen molar-refractivity contribution in [1.29, 1.82) is 0 Å². The fraction of sp³-hybridized carbons (Fsp3) is 0.333. The monoisotopic (exact) mass is 405 g/mol. The highest BCUT2D eigenvalue weighted by Gasteiger charge is 2.18. The summed E-state index contributed by atoms with van der Waals surface area (Å²) in [6.45, 7) is 0. The van der Waals surface area contributed by atoms with Crippen molar-refractivity contribution in [2.75, 3.05) is 7.11 Å². The molecule has 7 heteroatoms. The smallest absolute Gasteiger partial charge is 0.311 e. The number of nitrogens with zero attached hydrogens (tertiary/aromatic N) is 1. The predicted molar refractivity (Wildman–Crippen MR) is 65.3 cm³/mol. The van der Waals surface area contributed by atoms with Gasteiger partial charge in [0.15, 0.2) is 0 Å². The summed E-state index contributed by atoms with van der Waals surface area (Å²) in [6, 6.07) is 1.40. The zero-order chi connectivity index (χ0) is 12.3. The molecule has 1 heterocycles. The molecule has 0 fully saturated rings. The number of hydrogen-bond acceptors (Lipinski definition) is 3. The molecule has 16 heavy (non-hydrogen) atoms. The summed E-state index contributed by atoms with van der Waals surface area (Å²) in [7, 11) is 1.26. The molecule has 0 radical (unpaired) electrons. The molecular weight excluding hydrogens is 399 g/mol. The second-order valence-corrected chi connectivity index (χ2v) is 4.73. The van der Waals surface area contributed by atoms with E-state index in [4.69, 9.17) is 0 Å². The minimum atomic E-state index is -2.60. The lowest BCUT2D eigenvalue weighted by molar-refractivity contribution is -0.139. The first-order valence-corrected chi connectivity index (χ1v) is 6.02. The van der Waals surface area contributed by atoms with Crippen LogP contribution in [0.2, 0.25) is 0 Å². The minimum absolute atomic E-state index is 0.0331. The van der Waals surface area contributed by atoms with Gasteiger partial charge in [0.05, 0.1) is 24.8 Å². The molecule has 0 saturated heterocycles. The summed E-state index contributed by atoms with van der Waals surface area (Å²) in [5.74, 6) is -0.458. The number of alkyl halides is 2. The first-order chi connectivity index (χ1) is 7.45. The van der Waals surface area contributed by atoms with Crippen LogP contribution in [-0.2, 0) is 16.0 Å². The molecule has 0 aliphatic heterocycles. The first-order valence-electron chi connectivity index (χ1n) is 4.15. The topological polar surface area (TPSA) is 39.2 Å². The number of esters is 1. The summed E-state index contributed by atoms with van der Waals surface area (Å²) < 4.78 is 30.1. The second-order valence-electron chi connectivity index (χ2n) is 2.85. The van der Waals surface area contributed by atoms with Gasteiger partial charge in [0.1, 0.15) is 3.70 Å². The SMILES string of the molecule is COC(=O)Cc1cc(Br)c(C(F)F)c(I)n1. The van der Waals surface area contributed by atoms with E-state index in [1.165, 1.54) is 13.2 Å². The summed E-state index contributed by atoms with van der Waals surface area (Å²) in [5, 5.41) is 0. The van der Waals surface area contributed by atoms with E-state index in [0.717, 1.165) is 0 Å². The average molecular weight is 406 g/mol. The number of pyridine rings is 1. The summed E-state index contributed by atoms with van der Waals surface area (Å²) in [5.41, 5.74) is 0.238. The lowest BCUT2D eigenvalue weighted by Crippen LogP contribution is -2.08. The van der Waals surface area contributed by atoms with Crippen LogP contribution in [-0.4, -0.2) is 18.1 Å². The Labute approximate surface area is 113 Å². The van der Waals surface area contributed by atoms with Gasteiger partial charge in [0, 0.05) is 4.47 Å². The molecule has 0 N–H and O–H groups in total. The van der Waals surface area contributed by atoms with Crippen molar-refractivity contribution in [1.82, 2.24) is 4.98 Å². The van der Waals surface area contributed by atoms with Gasteiger partial charge in [0.2, 0.25) is 0 Å². The second kappa shape index (κ2) is 5.85. The highest BCUT2D eigenvalue weighted by atomic mass is 127. The molecule has 0 spiro atoms. The van der Waals surface area contributed by atoms with Crippen molar-refractivity contribution < 1.29 is 18.3 Å². The van der Waals surface area contributed by atoms with Crippen LogP contribution in [0, 0.1) is 3.70 Å². The van der Waals surface area contributed by atoms with Gasteiger partial charge in [-0.1, -0.05) is 15.9 Å². The molecular formula is C9H7BrF2INO2. The highest BCUT2D eigenvalue weighted by Crippen LogP contribution is 2.31. The first kappa shape index (κ1) is 13.8. The van der Waals surface area contributed by atoms with Crippen molar-refractivity contribution in [3.63, 3.8) is 0 Å². The zero-order valence-electron chi connectivity index (χ0n) is 8.14. The lowest BCUT2D eigenvalue weighted by atomic mass is 10.2. The molecule has 1 aromatic rings. The van der Waals surface area contributed by atoms with Crippen LogP contribution in [0.1, 0.15) is 17.7 Å². The number of rotatable bonds is 3. The average Bonchev–Trinajstić information content (AvgIpc) is 2.15. The van der Waals surface area contributed by atoms with Gasteiger partial charge in [-0.3, -0.25) is 4.79 Å². The van der Waals surface area contributed by atoms with Crippen LogP contribution >= 0.6 is 38.5 Å². The van der Waals surface area contributed by atoms with Gasteiger partial charge >= 0.3 is 5.97 Å². The third-order valence-corrected chi connectivity index (χ3v) is 3.26. The van der Waals surface area contributed by atoms with Crippen molar-refractivity contribution in [2.24, 2.45) is 0 Å². The fourth-order valence-electron chi connectivity index (χ4n) is 1.05. The Morgan fingerprint density at radius 1 is 1.69 bits per heavy atom. The Balaban J connectivity index is 3.05. The van der Waals surface area contributed by atoms with E-state index in [9.17, 15) is 13.6 Å². The van der Waals surface area contributed by atoms with Gasteiger partial charge in [-0.2, -0.15) is 0 Å². The predicted octanol–water partition coefficient (Wildman–Crippen LogP) is 3.10. The summed E-state index contributed by atoms with van der Waals surface area (Å²) in [4.78, 5) is 14.9. The van der Waals surface area contributed by atoms with Gasteiger partial charge in [-0.05, 0) is 28.7 Å². The lowest BCUT2D eigenvalue weighted by Gasteiger charge is -2.08. The number of halogens is 4. The molecule has 0 unspecified atom stereocenters. The third-order valence-electron chi connectivity index (χ3n) is 1.79. The number of carbonyl (C=O) groups excluding carboxylic acids is 1. The Morgan fingerprint density at radius 2 is 2.31 bits per heavy atom. The molecule has 1 rings (SSSR count). The Bertz CT molecular complexity index is 391. The molecule has 88 valence electrons. The molecule has 0 amide bonds. The molecule has 0 saturated carbocycles. The van der Waals surface area contributed by atoms with E-state index in [0.29, 0.717) is 5.69 Å². The van der Waals surface area contributed by atoms with Crippen molar-refractivity contribution in [2.45, 2.75) is 12.8 Å². The van der Waals surface area contributed by atoms with E-state index in [1.54, 1.807) is 22.6 Å². The zero-order valence-corrected chi connectivity index (χ0v) is 11.9. The van der Waals surface area contributed by atoms with Gasteiger partial charge in [-0.25, -0.2) is 13.8 Å². The van der Waals surface area contributed by atoms with Crippen molar-refractivity contribution in [3.8, 4) is 0 Å². The van der Waals surface area contributed by atoms with E-state index in [1.807, 2.05) is 0 Å². The quantitative estimate of drug-likeness (QED) is 0.440. The Hall–Kier alpha value is -0.310. The maximum absolute atomic E-state index is 12.6. The number of aromatic nitrogens is 1. The molecule has 1 aromatic heterocycles. The maximum atomic E-state index is 12.6. The number of methoxy groups -OCH3 is 1. The fourth-order valence-corrected chi connectivity index (χ4v) is 2.88. The van der Waals surface area contributed by atoms with Crippen LogP contribution < -0.4 is 0 Å². The molecule has 0 atom stereocenters. The molecule has 0 aliphatic carbocycles. The van der Waals surface area contributed by atoms with E-state index in [-0.39, 0.29) is 20.2 Å². The van der Waals surface area contributed by atoms with Crippen LogP contribution in [0.3, 0.4) is 0 Å². The van der Waals surface area contributed by atoms with Gasteiger partial charge in [0.25, 0.3) is 6.43 Å². The Morgan fingerprint density at radius 3 is 2.75 bits per heavy atom. The maximum Gasteiger partial charge on any atom is 0.311 e. The summed E-state index contributed by atoms with van der Waals surface area (Å²) in [6.07, 6.45) is -2.63. The minimum Gasteiger partial charge on any atom is -0.469 e. The van der Waals surface area contributed by atoms with E-state index >= 15 is 0 Å². The van der Waals surface area contributed by atoms with Crippen molar-refractivity contribution >= 4 is 44.5 Å². The molecule has 3 nitrogen and oxygen atoms in total. The molecule has 0 aliphatic rings. The van der Waals surface area contributed by atoms with Crippen LogP contribution in [0.15, 0.2) is 10.5 Å². The normalized spacial score (nSPS) is 10.6. The van der Waals surface area contributed by atoms with Crippen molar-refractivity contribution in [3.05, 3.63) is 25.5 Å². The summed E-state index contributed by atoms with van der Waals surface area (Å²) >= 11 is 4.75. The number of carbonyl (C=O) groups is 1. The van der Waals surface area contributed by atoms with E-state index in [2.05, 4.69) is 25.7 Å². The number of hydrogen-bond donors (Lipinski definition) is 0. The third kappa shape index (κ3) is 3.34. The van der Waals surface area contributed by atoms with Gasteiger partial charge in [-0.15, -0.1) is 0 Å². The Kier molecular flexibility index (Phi) is 5.03. The largest absolute Gasteiger partial charge is 0.469 e. The standard InChI is InChI=1S/C9H7BrF2INO2/c1-16-6(15)3-4-2-5(10)7(8(11)12)9(13)14-4/h2,8H,3H2,1H3. The highest BCUT2D eigenvalue weighted by molar-refractivity contribution is 14.1.